The Bertz CT molecular complexity index is 586. The first-order chi connectivity index (χ1) is 11.3. The molecule has 0 aromatic carbocycles. The lowest BCUT2D eigenvalue weighted by Crippen LogP contribution is -2.34. The molecule has 0 bridgehead atoms. The van der Waals surface area contributed by atoms with E-state index >= 15 is 0 Å². The first-order valence-corrected chi connectivity index (χ1v) is 8.54. The van der Waals surface area contributed by atoms with Gasteiger partial charge in [0.1, 0.15) is 12.4 Å². The van der Waals surface area contributed by atoms with Crippen LogP contribution in [0.4, 0.5) is 0 Å². The van der Waals surface area contributed by atoms with Crippen molar-refractivity contribution in [1.29, 1.82) is 0 Å². The molecule has 0 radical (unpaired) electrons. The molecular formula is C16H26N6O. The Hall–Kier alpha value is -1.73. The van der Waals surface area contributed by atoms with Crippen LogP contribution < -0.4 is 0 Å². The fourth-order valence-electron chi connectivity index (χ4n) is 3.36. The van der Waals surface area contributed by atoms with Gasteiger partial charge in [-0.3, -0.25) is 4.68 Å². The number of hydrogen-bond acceptors (Lipinski definition) is 5. The molecule has 1 saturated heterocycles. The molecule has 23 heavy (non-hydrogen) atoms. The zero-order valence-corrected chi connectivity index (χ0v) is 13.8. The third kappa shape index (κ3) is 3.79. The van der Waals surface area contributed by atoms with Gasteiger partial charge in [0.05, 0.1) is 0 Å². The van der Waals surface area contributed by atoms with Crippen LogP contribution in [0, 0.1) is 0 Å². The van der Waals surface area contributed by atoms with E-state index < -0.39 is 0 Å². The van der Waals surface area contributed by atoms with Crippen molar-refractivity contribution in [3.05, 3.63) is 30.1 Å². The van der Waals surface area contributed by atoms with Crippen molar-refractivity contribution in [2.24, 2.45) is 0 Å². The topological polar surface area (TPSA) is 72.0 Å². The molecule has 2 aromatic rings. The molecule has 1 aliphatic heterocycles. The average Bonchev–Trinajstić information content (AvgIpc) is 3.23. The predicted octanol–water partition coefficient (Wildman–Crippen LogP) is 1.10. The standard InChI is InChI=1S/C16H26N6O/c1-2-22-15(13-21-9-3-7-17-21)18-19-16(22)14-5-10-20(11-6-14)8-4-12-23/h3,7,9,14,23H,2,4-6,8,10-13H2,1H3. The third-order valence-electron chi connectivity index (χ3n) is 4.62. The molecule has 0 aliphatic carbocycles. The fourth-order valence-corrected chi connectivity index (χ4v) is 3.36. The average molecular weight is 318 g/mol. The highest BCUT2D eigenvalue weighted by molar-refractivity contribution is 5.04. The fraction of sp³-hybridized carbons (Fsp3) is 0.688. The second-order valence-electron chi connectivity index (χ2n) is 6.12. The van der Waals surface area contributed by atoms with Gasteiger partial charge in [0.2, 0.25) is 0 Å². The van der Waals surface area contributed by atoms with Crippen molar-refractivity contribution in [3.8, 4) is 0 Å². The molecule has 7 heteroatoms. The summed E-state index contributed by atoms with van der Waals surface area (Å²) >= 11 is 0. The van der Waals surface area contributed by atoms with Crippen molar-refractivity contribution < 1.29 is 5.11 Å². The molecular weight excluding hydrogens is 292 g/mol. The van der Waals surface area contributed by atoms with Crippen LogP contribution in [0.25, 0.3) is 0 Å². The Labute approximate surface area is 136 Å². The van der Waals surface area contributed by atoms with Gasteiger partial charge in [-0.2, -0.15) is 5.10 Å². The van der Waals surface area contributed by atoms with Crippen LogP contribution in [0.2, 0.25) is 0 Å². The summed E-state index contributed by atoms with van der Waals surface area (Å²) in [4.78, 5) is 2.43. The summed E-state index contributed by atoms with van der Waals surface area (Å²) in [6, 6.07) is 1.93. The monoisotopic (exact) mass is 318 g/mol. The van der Waals surface area contributed by atoms with Crippen LogP contribution in [-0.2, 0) is 13.1 Å². The highest BCUT2D eigenvalue weighted by atomic mass is 16.3. The van der Waals surface area contributed by atoms with Gasteiger partial charge in [-0.05, 0) is 45.3 Å². The van der Waals surface area contributed by atoms with Gasteiger partial charge in [0, 0.05) is 38.0 Å². The van der Waals surface area contributed by atoms with Crippen molar-refractivity contribution in [2.75, 3.05) is 26.2 Å². The molecule has 2 aromatic heterocycles. The first kappa shape index (κ1) is 16.1. The van der Waals surface area contributed by atoms with Crippen molar-refractivity contribution in [1.82, 2.24) is 29.4 Å². The van der Waals surface area contributed by atoms with E-state index in [2.05, 4.69) is 31.7 Å². The highest BCUT2D eigenvalue weighted by Crippen LogP contribution is 2.27. The molecule has 3 heterocycles. The molecule has 0 saturated carbocycles. The molecule has 1 fully saturated rings. The van der Waals surface area contributed by atoms with E-state index in [0.717, 1.165) is 57.1 Å². The lowest BCUT2D eigenvalue weighted by molar-refractivity contribution is 0.184. The van der Waals surface area contributed by atoms with Crippen LogP contribution in [-0.4, -0.2) is 60.8 Å². The first-order valence-electron chi connectivity index (χ1n) is 8.54. The van der Waals surface area contributed by atoms with Crippen LogP contribution in [0.5, 0.6) is 0 Å². The summed E-state index contributed by atoms with van der Waals surface area (Å²) in [5.41, 5.74) is 0. The summed E-state index contributed by atoms with van der Waals surface area (Å²) in [6.07, 6.45) is 6.84. The summed E-state index contributed by atoms with van der Waals surface area (Å²) in [5, 5.41) is 22.1. The Morgan fingerprint density at radius 2 is 2.09 bits per heavy atom. The molecule has 0 unspecified atom stereocenters. The summed E-state index contributed by atoms with van der Waals surface area (Å²) in [7, 11) is 0. The Morgan fingerprint density at radius 3 is 2.74 bits per heavy atom. The van der Waals surface area contributed by atoms with E-state index in [9.17, 15) is 0 Å². The number of aliphatic hydroxyl groups is 1. The summed E-state index contributed by atoms with van der Waals surface area (Å²) in [5.74, 6) is 2.59. The Kier molecular flexibility index (Phi) is 5.40. The zero-order chi connectivity index (χ0) is 16.1. The normalized spacial score (nSPS) is 17.0. The number of piperidine rings is 1. The SMILES string of the molecule is CCn1c(Cn2cccn2)nnc1C1CCN(CCCO)CC1. The van der Waals surface area contributed by atoms with Crippen LogP contribution in [0.1, 0.15) is 43.8 Å². The minimum Gasteiger partial charge on any atom is -0.396 e. The van der Waals surface area contributed by atoms with Gasteiger partial charge in [-0.25, -0.2) is 0 Å². The molecule has 0 spiro atoms. The minimum absolute atomic E-state index is 0.279. The van der Waals surface area contributed by atoms with E-state index in [0.29, 0.717) is 12.5 Å². The Morgan fingerprint density at radius 1 is 1.26 bits per heavy atom. The molecule has 0 atom stereocenters. The van der Waals surface area contributed by atoms with Crippen LogP contribution >= 0.6 is 0 Å². The number of aliphatic hydroxyl groups excluding tert-OH is 1. The molecule has 3 rings (SSSR count). The quantitative estimate of drug-likeness (QED) is 0.828. The molecule has 0 amide bonds. The lowest BCUT2D eigenvalue weighted by Gasteiger charge is -2.31. The minimum atomic E-state index is 0.279. The van der Waals surface area contributed by atoms with Gasteiger partial charge < -0.3 is 14.6 Å². The van der Waals surface area contributed by atoms with Crippen molar-refractivity contribution in [2.45, 2.75) is 45.2 Å². The predicted molar refractivity (Wildman–Crippen MR) is 87.1 cm³/mol. The maximum absolute atomic E-state index is 8.95. The molecule has 1 N–H and O–H groups in total. The Balaban J connectivity index is 1.65. The second-order valence-corrected chi connectivity index (χ2v) is 6.12. The maximum Gasteiger partial charge on any atom is 0.154 e. The van der Waals surface area contributed by atoms with E-state index in [1.807, 2.05) is 16.9 Å². The number of rotatable bonds is 7. The smallest absolute Gasteiger partial charge is 0.154 e. The summed E-state index contributed by atoms with van der Waals surface area (Å²) < 4.78 is 4.13. The van der Waals surface area contributed by atoms with E-state index in [-0.39, 0.29) is 6.61 Å². The van der Waals surface area contributed by atoms with Crippen molar-refractivity contribution in [3.63, 3.8) is 0 Å². The van der Waals surface area contributed by atoms with Gasteiger partial charge in [0.25, 0.3) is 0 Å². The van der Waals surface area contributed by atoms with Gasteiger partial charge >= 0.3 is 0 Å². The number of likely N-dealkylation sites (tertiary alicyclic amines) is 1. The highest BCUT2D eigenvalue weighted by Gasteiger charge is 2.25. The van der Waals surface area contributed by atoms with Crippen LogP contribution in [0.3, 0.4) is 0 Å². The van der Waals surface area contributed by atoms with E-state index in [1.54, 1.807) is 6.20 Å². The number of aromatic nitrogens is 5. The van der Waals surface area contributed by atoms with Crippen LogP contribution in [0.15, 0.2) is 18.5 Å². The number of hydrogen-bond donors (Lipinski definition) is 1. The lowest BCUT2D eigenvalue weighted by atomic mass is 9.95. The molecule has 7 nitrogen and oxygen atoms in total. The largest absolute Gasteiger partial charge is 0.396 e. The van der Waals surface area contributed by atoms with Gasteiger partial charge in [-0.1, -0.05) is 0 Å². The second kappa shape index (κ2) is 7.70. The van der Waals surface area contributed by atoms with Gasteiger partial charge in [-0.15, -0.1) is 10.2 Å². The summed E-state index contributed by atoms with van der Waals surface area (Å²) in [6.45, 7) is 7.14. The zero-order valence-electron chi connectivity index (χ0n) is 13.8. The number of nitrogens with zero attached hydrogens (tertiary/aromatic N) is 6. The van der Waals surface area contributed by atoms with E-state index in [4.69, 9.17) is 5.11 Å². The van der Waals surface area contributed by atoms with Gasteiger partial charge in [0.15, 0.2) is 5.82 Å². The van der Waals surface area contributed by atoms with E-state index in [1.165, 1.54) is 0 Å². The maximum atomic E-state index is 8.95. The third-order valence-corrected chi connectivity index (χ3v) is 4.62. The molecule has 126 valence electrons. The molecule has 1 aliphatic rings. The van der Waals surface area contributed by atoms with Crippen molar-refractivity contribution >= 4 is 0 Å².